The van der Waals surface area contributed by atoms with E-state index in [-0.39, 0.29) is 0 Å². The van der Waals surface area contributed by atoms with Gasteiger partial charge in [0.05, 0.1) is 0 Å². The van der Waals surface area contributed by atoms with Crippen LogP contribution in [-0.2, 0) is 0 Å². The second-order valence-corrected chi connectivity index (χ2v) is 8.49. The van der Waals surface area contributed by atoms with Crippen molar-refractivity contribution in [3.8, 4) is 0 Å². The molecule has 2 atom stereocenters. The molecule has 1 heterocycles. The smallest absolute Gasteiger partial charge is 0.0309 e. The third kappa shape index (κ3) is 3.40. The molecule has 140 valence electrons. The van der Waals surface area contributed by atoms with Gasteiger partial charge in [0.15, 0.2) is 0 Å². The first-order chi connectivity index (χ1) is 14.3. The second kappa shape index (κ2) is 7.72. The Morgan fingerprint density at radius 2 is 1.93 bits per heavy atom. The Morgan fingerprint density at radius 1 is 1.03 bits per heavy atom. The van der Waals surface area contributed by atoms with Gasteiger partial charge in [-0.1, -0.05) is 79.5 Å². The molecule has 5 rings (SSSR count). The molecule has 0 spiro atoms. The van der Waals surface area contributed by atoms with Crippen molar-refractivity contribution < 1.29 is 0 Å². The first kappa shape index (κ1) is 17.9. The summed E-state index contributed by atoms with van der Waals surface area (Å²) in [6.07, 6.45) is 23.4. The largest absolute Gasteiger partial charge is 0.144 e. The van der Waals surface area contributed by atoms with Gasteiger partial charge in [-0.3, -0.25) is 0 Å². The fraction of sp³-hybridized carbons (Fsp3) is 0.107. The molecule has 1 aromatic heterocycles. The minimum atomic E-state index is 0.336. The number of hydrogen-bond donors (Lipinski definition) is 0. The van der Waals surface area contributed by atoms with Gasteiger partial charge in [0.2, 0.25) is 0 Å². The van der Waals surface area contributed by atoms with Gasteiger partial charge in [-0.2, -0.15) is 0 Å². The summed E-state index contributed by atoms with van der Waals surface area (Å²) in [7, 11) is 0. The molecule has 0 radical (unpaired) electrons. The minimum Gasteiger partial charge on any atom is -0.144 e. The maximum atomic E-state index is 3.66. The van der Waals surface area contributed by atoms with Crippen molar-refractivity contribution in [2.75, 3.05) is 0 Å². The molecule has 3 aliphatic carbocycles. The van der Waals surface area contributed by atoms with Gasteiger partial charge < -0.3 is 0 Å². The van der Waals surface area contributed by atoms with Gasteiger partial charge in [0.1, 0.15) is 0 Å². The summed E-state index contributed by atoms with van der Waals surface area (Å²) in [6.45, 7) is 3.66. The Bertz CT molecular complexity index is 1280. The van der Waals surface area contributed by atoms with Crippen LogP contribution >= 0.6 is 11.3 Å². The molecule has 2 aromatic rings. The Morgan fingerprint density at radius 3 is 2.83 bits per heavy atom. The number of rotatable bonds is 2. The Kier molecular flexibility index (Phi) is 4.77. The molecule has 0 aliphatic heterocycles. The zero-order chi connectivity index (χ0) is 19.6. The van der Waals surface area contributed by atoms with E-state index in [1.807, 2.05) is 6.08 Å². The lowest BCUT2D eigenvalue weighted by molar-refractivity contribution is 0.851. The predicted molar refractivity (Wildman–Crippen MR) is 127 cm³/mol. The summed E-state index contributed by atoms with van der Waals surface area (Å²) in [4.78, 5) is 0. The van der Waals surface area contributed by atoms with Crippen LogP contribution in [0.25, 0.3) is 23.3 Å². The molecule has 2 unspecified atom stereocenters. The quantitative estimate of drug-likeness (QED) is 0.567. The molecular weight excluding hydrogens is 368 g/mol. The fourth-order valence-corrected chi connectivity index (χ4v) is 5.29. The van der Waals surface area contributed by atoms with Crippen LogP contribution in [0.15, 0.2) is 102 Å². The van der Waals surface area contributed by atoms with Crippen LogP contribution in [0.2, 0.25) is 0 Å². The second-order valence-electron chi connectivity index (χ2n) is 7.54. The van der Waals surface area contributed by atoms with E-state index in [1.165, 1.54) is 37.6 Å². The number of hydrogen-bond acceptors (Lipinski definition) is 1. The zero-order valence-corrected chi connectivity index (χ0v) is 17.0. The average molecular weight is 391 g/mol. The molecule has 0 N–H and O–H groups in total. The highest BCUT2D eigenvalue weighted by Crippen LogP contribution is 2.43. The molecule has 2 bridgehead atoms. The maximum absolute atomic E-state index is 3.66. The fourth-order valence-electron chi connectivity index (χ4n) is 4.41. The Labute approximate surface area is 175 Å². The Balaban J connectivity index is 1.60. The zero-order valence-electron chi connectivity index (χ0n) is 16.2. The lowest BCUT2D eigenvalue weighted by Gasteiger charge is -2.23. The van der Waals surface area contributed by atoms with Crippen molar-refractivity contribution in [1.29, 1.82) is 0 Å². The Hall–Kier alpha value is -3.12. The highest BCUT2D eigenvalue weighted by molar-refractivity contribution is 7.07. The van der Waals surface area contributed by atoms with Crippen molar-refractivity contribution in [2.24, 2.45) is 11.8 Å². The summed E-state index contributed by atoms with van der Waals surface area (Å²) in [5.41, 5.74) is 9.80. The SMILES string of the molecule is C=C=CC=c1ccsc1=CC1C=CC2=C(C1)c1ccccc1C1=CC2C=CC=C1. The summed E-state index contributed by atoms with van der Waals surface area (Å²) in [6, 6.07) is 11.0. The van der Waals surface area contributed by atoms with E-state index < -0.39 is 0 Å². The topological polar surface area (TPSA) is 0 Å². The van der Waals surface area contributed by atoms with Crippen molar-refractivity contribution in [3.63, 3.8) is 0 Å². The van der Waals surface area contributed by atoms with E-state index in [0.29, 0.717) is 11.8 Å². The summed E-state index contributed by atoms with van der Waals surface area (Å²) in [5.74, 6) is 0.730. The van der Waals surface area contributed by atoms with Crippen LogP contribution < -0.4 is 9.75 Å². The molecule has 29 heavy (non-hydrogen) atoms. The van der Waals surface area contributed by atoms with E-state index in [4.69, 9.17) is 0 Å². The molecule has 1 heteroatoms. The molecule has 1 aromatic carbocycles. The number of benzene rings is 1. The molecule has 0 saturated carbocycles. The van der Waals surface area contributed by atoms with E-state index in [2.05, 4.69) is 103 Å². The molecule has 3 aliphatic rings. The van der Waals surface area contributed by atoms with E-state index in [0.717, 1.165) is 6.42 Å². The van der Waals surface area contributed by atoms with Gasteiger partial charge in [0, 0.05) is 16.4 Å². The maximum Gasteiger partial charge on any atom is 0.0309 e. The first-order valence-corrected chi connectivity index (χ1v) is 10.9. The van der Waals surface area contributed by atoms with Gasteiger partial charge >= 0.3 is 0 Å². The first-order valence-electron chi connectivity index (χ1n) is 10.0. The van der Waals surface area contributed by atoms with Crippen LogP contribution in [0.3, 0.4) is 0 Å². The average Bonchev–Trinajstić information content (AvgIpc) is 2.98. The monoisotopic (exact) mass is 390 g/mol. The molecule has 0 amide bonds. The van der Waals surface area contributed by atoms with Crippen molar-refractivity contribution in [2.45, 2.75) is 6.42 Å². The van der Waals surface area contributed by atoms with E-state index >= 15 is 0 Å². The van der Waals surface area contributed by atoms with Crippen molar-refractivity contribution in [3.05, 3.63) is 123 Å². The summed E-state index contributed by atoms with van der Waals surface area (Å²) >= 11 is 1.80. The minimum absolute atomic E-state index is 0.336. The highest BCUT2D eigenvalue weighted by Gasteiger charge is 2.25. The molecule has 0 nitrogen and oxygen atoms in total. The summed E-state index contributed by atoms with van der Waals surface area (Å²) < 4.78 is 1.32. The number of allylic oxidation sites excluding steroid dienone is 11. The number of fused-ring (bicyclic) bond motifs is 5. The normalized spacial score (nSPS) is 23.1. The molecular formula is C28H22S. The third-order valence-electron chi connectivity index (χ3n) is 5.77. The van der Waals surface area contributed by atoms with Crippen LogP contribution in [0.1, 0.15) is 17.5 Å². The van der Waals surface area contributed by atoms with Gasteiger partial charge in [-0.25, -0.2) is 0 Å². The van der Waals surface area contributed by atoms with Gasteiger partial charge in [-0.05, 0) is 63.1 Å². The van der Waals surface area contributed by atoms with Crippen molar-refractivity contribution in [1.82, 2.24) is 0 Å². The van der Waals surface area contributed by atoms with Crippen LogP contribution in [0.5, 0.6) is 0 Å². The van der Waals surface area contributed by atoms with Crippen LogP contribution in [0.4, 0.5) is 0 Å². The van der Waals surface area contributed by atoms with Crippen LogP contribution in [-0.4, -0.2) is 0 Å². The van der Waals surface area contributed by atoms with Gasteiger partial charge in [-0.15, -0.1) is 17.1 Å². The highest BCUT2D eigenvalue weighted by atomic mass is 32.1. The third-order valence-corrected chi connectivity index (χ3v) is 6.67. The van der Waals surface area contributed by atoms with Crippen LogP contribution in [0, 0.1) is 11.8 Å². The lowest BCUT2D eigenvalue weighted by Crippen LogP contribution is -2.19. The van der Waals surface area contributed by atoms with Gasteiger partial charge in [0.25, 0.3) is 0 Å². The van der Waals surface area contributed by atoms with Crippen molar-refractivity contribution >= 4 is 34.6 Å². The standard InChI is InChI=1S/C28H22S/c1-2-3-8-21-15-16-29-28(21)18-20-13-14-25-23-10-5-4-9-22(19-23)24-11-6-7-12-26(24)27(25)17-20/h3-16,18-20,23H,1,17H2. The lowest BCUT2D eigenvalue weighted by atomic mass is 9.81. The van der Waals surface area contributed by atoms with E-state index in [1.54, 1.807) is 11.3 Å². The molecule has 0 saturated heterocycles. The number of thiophene rings is 1. The summed E-state index contributed by atoms with van der Waals surface area (Å²) in [5, 5.41) is 3.40. The van der Waals surface area contributed by atoms with E-state index in [9.17, 15) is 0 Å². The molecule has 0 fully saturated rings. The predicted octanol–water partition coefficient (Wildman–Crippen LogP) is 5.82.